The molecule has 50 heavy (non-hydrogen) atoms. The van der Waals surface area contributed by atoms with E-state index in [1.165, 1.54) is 7.11 Å². The summed E-state index contributed by atoms with van der Waals surface area (Å²) < 4.78 is 51.9. The third kappa shape index (κ3) is 13.3. The van der Waals surface area contributed by atoms with E-state index in [1.54, 1.807) is 36.4 Å². The number of ether oxygens (including phenoxy) is 3. The van der Waals surface area contributed by atoms with E-state index >= 15 is 0 Å². The van der Waals surface area contributed by atoms with Gasteiger partial charge < -0.3 is 34.3 Å². The van der Waals surface area contributed by atoms with Crippen LogP contribution in [0, 0.1) is 0 Å². The highest BCUT2D eigenvalue weighted by atomic mass is 32.2. The van der Waals surface area contributed by atoms with Crippen LogP contribution in [0.3, 0.4) is 0 Å². The first-order valence-electron chi connectivity index (χ1n) is 16.2. The van der Waals surface area contributed by atoms with Crippen molar-refractivity contribution in [1.82, 2.24) is 20.1 Å². The first kappa shape index (κ1) is 42.1. The number of hydrogen-bond donors (Lipinski definition) is 5. The highest BCUT2D eigenvalue weighted by Crippen LogP contribution is 2.32. The molecule has 0 aliphatic heterocycles. The number of amides is 3. The van der Waals surface area contributed by atoms with Crippen LogP contribution in [0.2, 0.25) is 0 Å². The number of thiol groups is 1. The van der Waals surface area contributed by atoms with Gasteiger partial charge in [0.2, 0.25) is 18.1 Å². The summed E-state index contributed by atoms with van der Waals surface area (Å²) in [4.78, 5) is 39.7. The Balaban J connectivity index is 0.00000161. The van der Waals surface area contributed by atoms with Gasteiger partial charge in [0.15, 0.2) is 22.9 Å². The van der Waals surface area contributed by atoms with Crippen LogP contribution in [-0.4, -0.2) is 85.1 Å². The maximum absolute atomic E-state index is 13.2. The summed E-state index contributed by atoms with van der Waals surface area (Å²) >= 11 is 3.98. The highest BCUT2D eigenvalue weighted by molar-refractivity contribution is 7.85. The van der Waals surface area contributed by atoms with Crippen molar-refractivity contribution < 1.29 is 46.1 Å². The molecule has 1 unspecified atom stereocenters. The SMILES string of the molecule is CCCC(Oc1ccc2c(NC(=O)CNC(=O)[C@H](CCC)NS)noc2c1)Oc1ccc(C(=O)N(C(C)C)C(C)C)cc1OC.CS(=O)(=O)O. The molecule has 0 fully saturated rings. The van der Waals surface area contributed by atoms with E-state index in [-0.39, 0.29) is 36.3 Å². The van der Waals surface area contributed by atoms with E-state index in [2.05, 4.69) is 33.3 Å². The maximum Gasteiger partial charge on any atom is 0.261 e. The Kier molecular flexibility index (Phi) is 16.8. The van der Waals surface area contributed by atoms with Crippen LogP contribution < -0.4 is 29.6 Å². The van der Waals surface area contributed by atoms with Gasteiger partial charge in [0.1, 0.15) is 5.75 Å². The zero-order chi connectivity index (χ0) is 37.6. The lowest BCUT2D eigenvalue weighted by molar-refractivity contribution is -0.125. The number of anilines is 1. The van der Waals surface area contributed by atoms with E-state index < -0.39 is 28.4 Å². The highest BCUT2D eigenvalue weighted by Gasteiger charge is 2.24. The fraction of sp³-hybridized carbons (Fsp3) is 0.515. The van der Waals surface area contributed by atoms with Gasteiger partial charge in [-0.1, -0.05) is 38.2 Å². The van der Waals surface area contributed by atoms with Gasteiger partial charge in [-0.3, -0.25) is 23.7 Å². The second-order valence-electron chi connectivity index (χ2n) is 11.9. The Morgan fingerprint density at radius 3 is 2.18 bits per heavy atom. The van der Waals surface area contributed by atoms with Gasteiger partial charge in [-0.25, -0.2) is 0 Å². The largest absolute Gasteiger partial charge is 0.493 e. The topological polar surface area (TPSA) is 199 Å². The van der Waals surface area contributed by atoms with Crippen LogP contribution in [0.4, 0.5) is 5.82 Å². The quantitative estimate of drug-likeness (QED) is 0.0719. The monoisotopic (exact) mass is 739 g/mol. The van der Waals surface area contributed by atoms with Crippen molar-refractivity contribution in [3.05, 3.63) is 42.0 Å². The summed E-state index contributed by atoms with van der Waals surface area (Å²) in [6.45, 7) is 11.7. The van der Waals surface area contributed by atoms with Crippen molar-refractivity contribution in [2.45, 2.75) is 91.6 Å². The Labute approximate surface area is 299 Å². The van der Waals surface area contributed by atoms with E-state index in [4.69, 9.17) is 23.3 Å². The van der Waals surface area contributed by atoms with Crippen molar-refractivity contribution in [3.8, 4) is 17.2 Å². The third-order valence-electron chi connectivity index (χ3n) is 6.98. The number of nitrogens with one attached hydrogen (secondary N) is 3. The summed E-state index contributed by atoms with van der Waals surface area (Å²) in [6, 6.07) is 9.82. The first-order chi connectivity index (χ1) is 23.5. The average Bonchev–Trinajstić information content (AvgIpc) is 3.43. The third-order valence-corrected chi connectivity index (χ3v) is 7.29. The Hall–Kier alpha value is -4.06. The van der Waals surface area contributed by atoms with Gasteiger partial charge in [0, 0.05) is 30.1 Å². The van der Waals surface area contributed by atoms with Crippen LogP contribution in [0.15, 0.2) is 40.9 Å². The molecule has 3 amide bonds. The molecule has 0 radical (unpaired) electrons. The average molecular weight is 740 g/mol. The number of methoxy groups -OCH3 is 1. The predicted molar refractivity (Wildman–Crippen MR) is 193 cm³/mol. The second kappa shape index (κ2) is 20.0. The molecule has 1 aromatic heterocycles. The zero-order valence-electron chi connectivity index (χ0n) is 29.7. The van der Waals surface area contributed by atoms with Crippen LogP contribution in [0.1, 0.15) is 77.6 Å². The molecule has 3 aromatic rings. The lowest BCUT2D eigenvalue weighted by Crippen LogP contribution is -2.43. The van der Waals surface area contributed by atoms with E-state index in [0.717, 1.165) is 12.8 Å². The second-order valence-corrected chi connectivity index (χ2v) is 13.6. The molecule has 2 aromatic carbocycles. The van der Waals surface area contributed by atoms with Crippen LogP contribution in [0.5, 0.6) is 17.2 Å². The number of rotatable bonds is 17. The van der Waals surface area contributed by atoms with Crippen LogP contribution in [0.25, 0.3) is 11.0 Å². The summed E-state index contributed by atoms with van der Waals surface area (Å²) in [5.74, 6) is 0.704. The molecular formula is C33H49N5O10S2. The zero-order valence-corrected chi connectivity index (χ0v) is 31.4. The summed E-state index contributed by atoms with van der Waals surface area (Å²) in [5, 5.41) is 9.78. The molecule has 15 nitrogen and oxygen atoms in total. The Morgan fingerprint density at radius 2 is 1.62 bits per heavy atom. The first-order valence-corrected chi connectivity index (χ1v) is 18.4. The molecule has 0 saturated heterocycles. The Morgan fingerprint density at radius 1 is 0.980 bits per heavy atom. The molecule has 2 atom stereocenters. The summed E-state index contributed by atoms with van der Waals surface area (Å²) in [7, 11) is -2.14. The molecule has 4 N–H and O–H groups in total. The van der Waals surface area contributed by atoms with Gasteiger partial charge >= 0.3 is 0 Å². The lowest BCUT2D eigenvalue weighted by atomic mass is 10.1. The molecule has 0 saturated carbocycles. The normalized spacial score (nSPS) is 12.5. The molecule has 17 heteroatoms. The maximum atomic E-state index is 13.2. The molecule has 0 spiro atoms. The molecule has 278 valence electrons. The molecule has 3 rings (SSSR count). The number of hydrogen-bond acceptors (Lipinski definition) is 12. The molecule has 1 heterocycles. The summed E-state index contributed by atoms with van der Waals surface area (Å²) in [5.41, 5.74) is 0.899. The summed E-state index contributed by atoms with van der Waals surface area (Å²) in [6.07, 6.45) is 2.78. The van der Waals surface area contributed by atoms with Gasteiger partial charge in [0.25, 0.3) is 16.0 Å². The minimum atomic E-state index is -3.67. The van der Waals surface area contributed by atoms with Crippen molar-refractivity contribution in [2.24, 2.45) is 0 Å². The van der Waals surface area contributed by atoms with E-state index in [9.17, 15) is 22.8 Å². The van der Waals surface area contributed by atoms with Crippen molar-refractivity contribution >= 4 is 57.4 Å². The van der Waals surface area contributed by atoms with Gasteiger partial charge in [-0.15, -0.1) is 0 Å². The van der Waals surface area contributed by atoms with E-state index in [0.29, 0.717) is 52.9 Å². The van der Waals surface area contributed by atoms with Crippen LogP contribution >= 0.6 is 12.8 Å². The van der Waals surface area contributed by atoms with Crippen molar-refractivity contribution in [2.75, 3.05) is 25.2 Å². The predicted octanol–water partition coefficient (Wildman–Crippen LogP) is 4.84. The van der Waals surface area contributed by atoms with Gasteiger partial charge in [0.05, 0.1) is 31.3 Å². The van der Waals surface area contributed by atoms with Gasteiger partial charge in [-0.05, 0) is 70.9 Å². The molecular weight excluding hydrogens is 691 g/mol. The standard InChI is InChI=1S/C32H45N5O7S.CH4O3S/c1-8-10-24(36-45)31(39)33-18-28(38)34-30-23-14-13-22(17-26(23)44-35-30)42-29(11-9-2)43-25-15-12-21(16-27(25)41-7)32(40)37(19(3)4)20(5)6;1-5(2,3)4/h12-17,19-20,24,29,36,45H,8-11,18H2,1-7H3,(H,33,39)(H,34,35,38);1H3,(H,2,3,4)/t24-,29?;/m0./s1. The lowest BCUT2D eigenvalue weighted by Gasteiger charge is -2.31. The number of carbonyl (C=O) groups excluding carboxylic acids is 3. The number of nitrogens with zero attached hydrogens (tertiary/aromatic N) is 2. The Bertz CT molecular complexity index is 1660. The van der Waals surface area contributed by atoms with Crippen molar-refractivity contribution in [1.29, 1.82) is 0 Å². The van der Waals surface area contributed by atoms with Gasteiger partial charge in [-0.2, -0.15) is 8.42 Å². The molecule has 0 aliphatic rings. The number of aromatic nitrogens is 1. The smallest absolute Gasteiger partial charge is 0.261 e. The minimum absolute atomic E-state index is 0.0442. The number of fused-ring (bicyclic) bond motifs is 1. The van der Waals surface area contributed by atoms with Crippen molar-refractivity contribution in [3.63, 3.8) is 0 Å². The van der Waals surface area contributed by atoms with E-state index in [1.807, 2.05) is 46.4 Å². The number of carbonyl (C=O) groups is 3. The molecule has 0 aliphatic carbocycles. The molecule has 0 bridgehead atoms. The number of benzene rings is 2. The minimum Gasteiger partial charge on any atom is -0.493 e. The fourth-order valence-electron chi connectivity index (χ4n) is 4.87. The van der Waals surface area contributed by atoms with Crippen LogP contribution in [-0.2, 0) is 19.7 Å². The fourth-order valence-corrected chi connectivity index (χ4v) is 5.12.